The molecule has 3 unspecified atom stereocenters. The van der Waals surface area contributed by atoms with Gasteiger partial charge in [0.15, 0.2) is 0 Å². The predicted octanol–water partition coefficient (Wildman–Crippen LogP) is 1.19. The van der Waals surface area contributed by atoms with E-state index in [2.05, 4.69) is 24.4 Å². The van der Waals surface area contributed by atoms with Crippen molar-refractivity contribution in [2.75, 3.05) is 26.8 Å². The summed E-state index contributed by atoms with van der Waals surface area (Å²) in [6, 6.07) is 0. The summed E-state index contributed by atoms with van der Waals surface area (Å²) in [7, 11) is 1.83. The number of ether oxygens (including phenoxy) is 1. The fourth-order valence-corrected chi connectivity index (χ4v) is 1.89. The van der Waals surface area contributed by atoms with E-state index in [-0.39, 0.29) is 6.10 Å². The van der Waals surface area contributed by atoms with Gasteiger partial charge in [0.2, 0.25) is 0 Å². The first kappa shape index (κ1) is 12.7. The van der Waals surface area contributed by atoms with Gasteiger partial charge < -0.3 is 15.2 Å². The van der Waals surface area contributed by atoms with Crippen molar-refractivity contribution in [3.8, 4) is 0 Å². The highest BCUT2D eigenvalue weighted by atomic mass is 16.5. The average molecular weight is 213 g/mol. The Labute approximate surface area is 92.5 Å². The monoisotopic (exact) mass is 213 g/mol. The summed E-state index contributed by atoms with van der Waals surface area (Å²) in [6.45, 7) is 4.07. The minimum atomic E-state index is -0.385. The van der Waals surface area contributed by atoms with Crippen LogP contribution in [0.3, 0.4) is 0 Å². The molecule has 0 bridgehead atoms. The zero-order chi connectivity index (χ0) is 11.1. The van der Waals surface area contributed by atoms with Gasteiger partial charge in [0, 0.05) is 6.54 Å². The summed E-state index contributed by atoms with van der Waals surface area (Å²) in [5.74, 6) is 1.33. The largest absolute Gasteiger partial charge is 0.389 e. The zero-order valence-corrected chi connectivity index (χ0v) is 9.78. The first-order valence-electron chi connectivity index (χ1n) is 5.79. The SMILES string of the molecule is CNCC(O)COCC1CC=CCC1C. The van der Waals surface area contributed by atoms with Crippen molar-refractivity contribution in [2.45, 2.75) is 25.9 Å². The Hall–Kier alpha value is -0.380. The van der Waals surface area contributed by atoms with Crippen molar-refractivity contribution in [3.05, 3.63) is 12.2 Å². The molecule has 3 nitrogen and oxygen atoms in total. The molecule has 3 heteroatoms. The van der Waals surface area contributed by atoms with E-state index in [0.29, 0.717) is 25.0 Å². The Balaban J connectivity index is 2.11. The van der Waals surface area contributed by atoms with Crippen LogP contribution in [-0.2, 0) is 4.74 Å². The minimum Gasteiger partial charge on any atom is -0.389 e. The lowest BCUT2D eigenvalue weighted by Gasteiger charge is -2.25. The average Bonchev–Trinajstić information content (AvgIpc) is 2.21. The molecule has 0 radical (unpaired) electrons. The highest BCUT2D eigenvalue weighted by molar-refractivity contribution is 4.93. The van der Waals surface area contributed by atoms with E-state index in [1.54, 1.807) is 0 Å². The summed E-state index contributed by atoms with van der Waals surface area (Å²) < 4.78 is 5.53. The number of allylic oxidation sites excluding steroid dienone is 2. The van der Waals surface area contributed by atoms with Gasteiger partial charge in [-0.25, -0.2) is 0 Å². The number of aliphatic hydroxyl groups excluding tert-OH is 1. The molecule has 0 saturated heterocycles. The molecule has 0 fully saturated rings. The maximum absolute atomic E-state index is 9.44. The molecule has 0 aliphatic heterocycles. The van der Waals surface area contributed by atoms with Gasteiger partial charge in [0.05, 0.1) is 19.3 Å². The summed E-state index contributed by atoms with van der Waals surface area (Å²) in [5, 5.41) is 12.4. The molecule has 3 atom stereocenters. The first-order valence-corrected chi connectivity index (χ1v) is 5.79. The Morgan fingerprint density at radius 1 is 1.47 bits per heavy atom. The quantitative estimate of drug-likeness (QED) is 0.651. The number of likely N-dealkylation sites (N-methyl/N-ethyl adjacent to an activating group) is 1. The van der Waals surface area contributed by atoms with Crippen molar-refractivity contribution in [1.82, 2.24) is 5.32 Å². The molecular weight excluding hydrogens is 190 g/mol. The molecule has 0 saturated carbocycles. The fraction of sp³-hybridized carbons (Fsp3) is 0.833. The number of hydrogen-bond donors (Lipinski definition) is 2. The van der Waals surface area contributed by atoms with Crippen LogP contribution in [0.15, 0.2) is 12.2 Å². The van der Waals surface area contributed by atoms with Crippen LogP contribution in [0, 0.1) is 11.8 Å². The van der Waals surface area contributed by atoms with Crippen LogP contribution in [0.2, 0.25) is 0 Å². The molecule has 1 aliphatic carbocycles. The number of rotatable bonds is 6. The van der Waals surface area contributed by atoms with Gasteiger partial charge in [-0.15, -0.1) is 0 Å². The third-order valence-electron chi connectivity index (χ3n) is 3.00. The van der Waals surface area contributed by atoms with E-state index in [0.717, 1.165) is 19.4 Å². The zero-order valence-electron chi connectivity index (χ0n) is 9.78. The molecule has 2 N–H and O–H groups in total. The molecule has 0 aromatic heterocycles. The summed E-state index contributed by atoms with van der Waals surface area (Å²) in [4.78, 5) is 0. The number of nitrogens with one attached hydrogen (secondary N) is 1. The van der Waals surface area contributed by atoms with Crippen molar-refractivity contribution in [2.24, 2.45) is 11.8 Å². The molecule has 1 rings (SSSR count). The molecule has 0 spiro atoms. The van der Waals surface area contributed by atoms with Crippen LogP contribution in [0.4, 0.5) is 0 Å². The second kappa shape index (κ2) is 6.99. The van der Waals surface area contributed by atoms with Gasteiger partial charge in [-0.2, -0.15) is 0 Å². The van der Waals surface area contributed by atoms with Crippen molar-refractivity contribution < 1.29 is 9.84 Å². The second-order valence-electron chi connectivity index (χ2n) is 4.43. The lowest BCUT2D eigenvalue weighted by atomic mass is 9.85. The van der Waals surface area contributed by atoms with Gasteiger partial charge in [-0.1, -0.05) is 19.1 Å². The van der Waals surface area contributed by atoms with Crippen LogP contribution in [0.1, 0.15) is 19.8 Å². The standard InChI is InChI=1S/C12H23NO2/c1-10-5-3-4-6-11(10)8-15-9-12(14)7-13-2/h3-4,10-14H,5-9H2,1-2H3. The molecule has 0 aromatic carbocycles. The van der Waals surface area contributed by atoms with Gasteiger partial charge in [-0.05, 0) is 31.7 Å². The predicted molar refractivity (Wildman–Crippen MR) is 61.8 cm³/mol. The van der Waals surface area contributed by atoms with E-state index >= 15 is 0 Å². The smallest absolute Gasteiger partial charge is 0.0897 e. The normalized spacial score (nSPS) is 27.9. The van der Waals surface area contributed by atoms with Crippen LogP contribution >= 0.6 is 0 Å². The lowest BCUT2D eigenvalue weighted by molar-refractivity contribution is 0.0135. The molecule has 88 valence electrons. The van der Waals surface area contributed by atoms with E-state index in [9.17, 15) is 5.11 Å². The third-order valence-corrected chi connectivity index (χ3v) is 3.00. The second-order valence-corrected chi connectivity index (χ2v) is 4.43. The Bertz CT molecular complexity index is 194. The van der Waals surface area contributed by atoms with E-state index in [1.165, 1.54) is 0 Å². The number of hydrogen-bond acceptors (Lipinski definition) is 3. The van der Waals surface area contributed by atoms with Crippen molar-refractivity contribution in [3.63, 3.8) is 0 Å². The molecule has 0 amide bonds. The molecule has 0 heterocycles. The van der Waals surface area contributed by atoms with Gasteiger partial charge >= 0.3 is 0 Å². The maximum Gasteiger partial charge on any atom is 0.0897 e. The molecule has 1 aliphatic rings. The fourth-order valence-electron chi connectivity index (χ4n) is 1.89. The Morgan fingerprint density at radius 2 is 2.20 bits per heavy atom. The molecule has 15 heavy (non-hydrogen) atoms. The topological polar surface area (TPSA) is 41.5 Å². The van der Waals surface area contributed by atoms with E-state index in [1.807, 2.05) is 7.05 Å². The number of aliphatic hydroxyl groups is 1. The maximum atomic E-state index is 9.44. The summed E-state index contributed by atoms with van der Waals surface area (Å²) in [5.41, 5.74) is 0. The summed E-state index contributed by atoms with van der Waals surface area (Å²) >= 11 is 0. The van der Waals surface area contributed by atoms with Gasteiger partial charge in [-0.3, -0.25) is 0 Å². The molecular formula is C12H23NO2. The lowest BCUT2D eigenvalue weighted by Crippen LogP contribution is -2.29. The van der Waals surface area contributed by atoms with Crippen LogP contribution in [-0.4, -0.2) is 38.0 Å². The van der Waals surface area contributed by atoms with Crippen LogP contribution < -0.4 is 5.32 Å². The van der Waals surface area contributed by atoms with Crippen molar-refractivity contribution in [1.29, 1.82) is 0 Å². The highest BCUT2D eigenvalue weighted by Crippen LogP contribution is 2.24. The summed E-state index contributed by atoms with van der Waals surface area (Å²) in [6.07, 6.45) is 6.37. The van der Waals surface area contributed by atoms with E-state index < -0.39 is 0 Å². The van der Waals surface area contributed by atoms with Gasteiger partial charge in [0.25, 0.3) is 0 Å². The highest BCUT2D eigenvalue weighted by Gasteiger charge is 2.18. The van der Waals surface area contributed by atoms with Gasteiger partial charge in [0.1, 0.15) is 0 Å². The van der Waals surface area contributed by atoms with Crippen molar-refractivity contribution >= 4 is 0 Å². The van der Waals surface area contributed by atoms with E-state index in [4.69, 9.17) is 4.74 Å². The first-order chi connectivity index (χ1) is 7.24. The van der Waals surface area contributed by atoms with Crippen LogP contribution in [0.25, 0.3) is 0 Å². The Morgan fingerprint density at radius 3 is 2.87 bits per heavy atom. The third kappa shape index (κ3) is 4.78. The minimum absolute atomic E-state index is 0.385. The van der Waals surface area contributed by atoms with Crippen LogP contribution in [0.5, 0.6) is 0 Å². The molecule has 0 aromatic rings. The Kier molecular flexibility index (Phi) is 5.91.